The van der Waals surface area contributed by atoms with Crippen LogP contribution in [-0.2, 0) is 0 Å². The van der Waals surface area contributed by atoms with Crippen molar-refractivity contribution < 1.29 is 4.79 Å². The number of hydrogen-bond acceptors (Lipinski definition) is 2. The second kappa shape index (κ2) is 4.70. The van der Waals surface area contributed by atoms with Gasteiger partial charge in [0, 0.05) is 30.2 Å². The van der Waals surface area contributed by atoms with E-state index in [0.717, 1.165) is 35.9 Å². The number of likely N-dealkylation sites (tertiary alicyclic amines) is 1. The molecule has 3 N–H and O–H groups in total. The van der Waals surface area contributed by atoms with E-state index in [2.05, 4.69) is 11.9 Å². The molecule has 1 saturated heterocycles. The summed E-state index contributed by atoms with van der Waals surface area (Å²) in [5.41, 5.74) is 7.64. The summed E-state index contributed by atoms with van der Waals surface area (Å²) in [5.74, 6) is 0.104. The van der Waals surface area contributed by atoms with Gasteiger partial charge in [-0.1, -0.05) is 12.1 Å². The van der Waals surface area contributed by atoms with Gasteiger partial charge in [0.25, 0.3) is 5.91 Å². The predicted molar refractivity (Wildman–Crippen MR) is 76.0 cm³/mol. The van der Waals surface area contributed by atoms with Crippen LogP contribution in [0.4, 0.5) is 0 Å². The number of piperidine rings is 1. The molecule has 2 heterocycles. The van der Waals surface area contributed by atoms with E-state index in [0.29, 0.717) is 0 Å². The summed E-state index contributed by atoms with van der Waals surface area (Å²) in [7, 11) is 0. The van der Waals surface area contributed by atoms with Crippen LogP contribution < -0.4 is 5.73 Å². The fourth-order valence-electron chi connectivity index (χ4n) is 2.93. The molecule has 4 heteroatoms. The Hall–Kier alpha value is -1.81. The lowest BCUT2D eigenvalue weighted by atomic mass is 9.98. The number of nitrogens with two attached hydrogens (primary N) is 1. The number of aromatic amines is 1. The number of aromatic nitrogens is 1. The number of para-hydroxylation sites is 1. The van der Waals surface area contributed by atoms with Crippen LogP contribution in [0.25, 0.3) is 10.9 Å². The fraction of sp³-hybridized carbons (Fsp3) is 0.400. The molecule has 0 saturated carbocycles. The van der Waals surface area contributed by atoms with Gasteiger partial charge in [-0.05, 0) is 31.9 Å². The molecule has 0 radical (unpaired) electrons. The average molecular weight is 257 g/mol. The van der Waals surface area contributed by atoms with E-state index in [1.54, 1.807) is 0 Å². The van der Waals surface area contributed by atoms with Crippen LogP contribution in [0.3, 0.4) is 0 Å². The Balaban J connectivity index is 1.93. The third kappa shape index (κ3) is 2.12. The number of benzene rings is 1. The topological polar surface area (TPSA) is 62.1 Å². The van der Waals surface area contributed by atoms with Crippen molar-refractivity contribution in [3.8, 4) is 0 Å². The minimum atomic E-state index is 0.104. The van der Waals surface area contributed by atoms with Crippen molar-refractivity contribution in [3.05, 3.63) is 36.0 Å². The maximum absolute atomic E-state index is 12.7. The van der Waals surface area contributed by atoms with Crippen LogP contribution in [0, 0.1) is 0 Å². The second-order valence-corrected chi connectivity index (χ2v) is 5.38. The Morgan fingerprint density at radius 1 is 1.42 bits per heavy atom. The average Bonchev–Trinajstić information content (AvgIpc) is 2.86. The van der Waals surface area contributed by atoms with Gasteiger partial charge < -0.3 is 15.6 Å². The molecule has 0 bridgehead atoms. The van der Waals surface area contributed by atoms with Crippen molar-refractivity contribution in [3.63, 3.8) is 0 Å². The van der Waals surface area contributed by atoms with E-state index in [1.807, 2.05) is 35.4 Å². The Bertz CT molecular complexity index is 604. The molecule has 1 aliphatic rings. The SMILES string of the molecule is CC1CC(N)CCN1C(=O)c1cccc2cc[nH]c12. The molecular formula is C15H19N3O. The molecule has 19 heavy (non-hydrogen) atoms. The van der Waals surface area contributed by atoms with Crippen LogP contribution in [-0.4, -0.2) is 34.4 Å². The summed E-state index contributed by atoms with van der Waals surface area (Å²) in [6.07, 6.45) is 3.64. The lowest BCUT2D eigenvalue weighted by Gasteiger charge is -2.36. The Morgan fingerprint density at radius 2 is 2.26 bits per heavy atom. The number of nitrogens with zero attached hydrogens (tertiary/aromatic N) is 1. The summed E-state index contributed by atoms with van der Waals surface area (Å²) >= 11 is 0. The van der Waals surface area contributed by atoms with Gasteiger partial charge in [-0.25, -0.2) is 0 Å². The van der Waals surface area contributed by atoms with Crippen LogP contribution in [0.5, 0.6) is 0 Å². The molecule has 1 aromatic heterocycles. The standard InChI is InChI=1S/C15H19N3O/c1-10-9-12(16)6-8-18(10)15(19)13-4-2-3-11-5-7-17-14(11)13/h2-5,7,10,12,17H,6,8-9,16H2,1H3. The van der Waals surface area contributed by atoms with Crippen molar-refractivity contribution in [2.24, 2.45) is 5.73 Å². The molecule has 100 valence electrons. The first-order chi connectivity index (χ1) is 9.16. The van der Waals surface area contributed by atoms with Crippen molar-refractivity contribution in [2.45, 2.75) is 31.8 Å². The zero-order valence-corrected chi connectivity index (χ0v) is 11.1. The Morgan fingerprint density at radius 3 is 3.05 bits per heavy atom. The number of hydrogen-bond donors (Lipinski definition) is 2. The van der Waals surface area contributed by atoms with E-state index < -0.39 is 0 Å². The molecule has 0 spiro atoms. The van der Waals surface area contributed by atoms with Gasteiger partial charge in [0.05, 0.1) is 11.1 Å². The van der Waals surface area contributed by atoms with E-state index in [9.17, 15) is 4.79 Å². The first-order valence-corrected chi connectivity index (χ1v) is 6.79. The maximum atomic E-state index is 12.7. The van der Waals surface area contributed by atoms with E-state index in [-0.39, 0.29) is 18.0 Å². The summed E-state index contributed by atoms with van der Waals surface area (Å²) in [6, 6.07) is 8.26. The normalized spacial score (nSPS) is 23.8. The van der Waals surface area contributed by atoms with Gasteiger partial charge in [0.2, 0.25) is 0 Å². The van der Waals surface area contributed by atoms with Crippen LogP contribution in [0.2, 0.25) is 0 Å². The first kappa shape index (κ1) is 12.2. The number of nitrogens with one attached hydrogen (secondary N) is 1. The molecule has 1 aliphatic heterocycles. The van der Waals surface area contributed by atoms with Crippen molar-refractivity contribution in [1.82, 2.24) is 9.88 Å². The highest BCUT2D eigenvalue weighted by atomic mass is 16.2. The lowest BCUT2D eigenvalue weighted by Crippen LogP contribution is -2.48. The molecular weight excluding hydrogens is 238 g/mol. The Labute approximate surface area is 112 Å². The van der Waals surface area contributed by atoms with Gasteiger partial charge >= 0.3 is 0 Å². The predicted octanol–water partition coefficient (Wildman–Crippen LogP) is 2.12. The minimum absolute atomic E-state index is 0.104. The number of rotatable bonds is 1. The van der Waals surface area contributed by atoms with E-state index in [1.165, 1.54) is 0 Å². The highest BCUT2D eigenvalue weighted by Crippen LogP contribution is 2.23. The smallest absolute Gasteiger partial charge is 0.256 e. The third-order valence-electron chi connectivity index (χ3n) is 4.00. The number of amides is 1. The quantitative estimate of drug-likeness (QED) is 0.822. The highest BCUT2D eigenvalue weighted by molar-refractivity contribution is 6.05. The molecule has 2 atom stereocenters. The number of H-pyrrole nitrogens is 1. The monoisotopic (exact) mass is 257 g/mol. The summed E-state index contributed by atoms with van der Waals surface area (Å²) in [4.78, 5) is 17.8. The largest absolute Gasteiger partial charge is 0.361 e. The molecule has 3 rings (SSSR count). The number of carbonyl (C=O) groups is 1. The van der Waals surface area contributed by atoms with Crippen LogP contribution in [0.1, 0.15) is 30.1 Å². The fourth-order valence-corrected chi connectivity index (χ4v) is 2.93. The lowest BCUT2D eigenvalue weighted by molar-refractivity contribution is 0.0621. The van der Waals surface area contributed by atoms with E-state index >= 15 is 0 Å². The van der Waals surface area contributed by atoms with Gasteiger partial charge in [0.1, 0.15) is 0 Å². The van der Waals surface area contributed by atoms with E-state index in [4.69, 9.17) is 5.73 Å². The Kier molecular flexibility index (Phi) is 3.03. The molecule has 1 amide bonds. The van der Waals surface area contributed by atoms with Crippen molar-refractivity contribution in [1.29, 1.82) is 0 Å². The molecule has 0 aliphatic carbocycles. The highest BCUT2D eigenvalue weighted by Gasteiger charge is 2.28. The maximum Gasteiger partial charge on any atom is 0.256 e. The van der Waals surface area contributed by atoms with Crippen molar-refractivity contribution in [2.75, 3.05) is 6.54 Å². The van der Waals surface area contributed by atoms with Gasteiger partial charge in [-0.2, -0.15) is 0 Å². The number of fused-ring (bicyclic) bond motifs is 1. The molecule has 4 nitrogen and oxygen atoms in total. The molecule has 1 fully saturated rings. The van der Waals surface area contributed by atoms with Gasteiger partial charge in [0.15, 0.2) is 0 Å². The zero-order chi connectivity index (χ0) is 13.4. The van der Waals surface area contributed by atoms with Crippen molar-refractivity contribution >= 4 is 16.8 Å². The molecule has 2 unspecified atom stereocenters. The minimum Gasteiger partial charge on any atom is -0.361 e. The zero-order valence-electron chi connectivity index (χ0n) is 11.1. The third-order valence-corrected chi connectivity index (χ3v) is 4.00. The van der Waals surface area contributed by atoms with Crippen LogP contribution in [0.15, 0.2) is 30.5 Å². The van der Waals surface area contributed by atoms with Gasteiger partial charge in [-0.3, -0.25) is 4.79 Å². The molecule has 1 aromatic carbocycles. The summed E-state index contributed by atoms with van der Waals surface area (Å²) < 4.78 is 0. The van der Waals surface area contributed by atoms with Gasteiger partial charge in [-0.15, -0.1) is 0 Å². The van der Waals surface area contributed by atoms with Crippen LogP contribution >= 0.6 is 0 Å². The molecule has 2 aromatic rings. The second-order valence-electron chi connectivity index (χ2n) is 5.38. The summed E-state index contributed by atoms with van der Waals surface area (Å²) in [6.45, 7) is 2.82. The first-order valence-electron chi connectivity index (χ1n) is 6.79. The number of carbonyl (C=O) groups excluding carboxylic acids is 1. The summed E-state index contributed by atoms with van der Waals surface area (Å²) in [5, 5.41) is 1.08.